The van der Waals surface area contributed by atoms with E-state index in [1.807, 2.05) is 18.2 Å². The number of rotatable bonds is 7. The van der Waals surface area contributed by atoms with Gasteiger partial charge < -0.3 is 30.1 Å². The van der Waals surface area contributed by atoms with Crippen LogP contribution in [0, 0.1) is 0 Å². The maximum atomic E-state index is 9.63. The average Bonchev–Trinajstić information content (AvgIpc) is 2.77. The molecule has 1 aliphatic heterocycles. The monoisotopic (exact) mass is 540 g/mol. The minimum Gasteiger partial charge on any atom is -0.508 e. The molecule has 7 nitrogen and oxygen atoms in total. The predicted octanol–water partition coefficient (Wildman–Crippen LogP) is 3.75. The molecule has 0 unspecified atom stereocenters. The number of aliphatic imine (C=N–C) groups is 1. The van der Waals surface area contributed by atoms with Gasteiger partial charge in [0, 0.05) is 49.6 Å². The summed E-state index contributed by atoms with van der Waals surface area (Å²) < 4.78 is 10.8. The first-order valence-electron chi connectivity index (χ1n) is 10.4. The second-order valence-electron chi connectivity index (χ2n) is 7.34. The summed E-state index contributed by atoms with van der Waals surface area (Å²) in [6.07, 6.45) is 2.02. The number of halogens is 1. The first kappa shape index (κ1) is 24.9. The number of anilines is 1. The van der Waals surface area contributed by atoms with Gasteiger partial charge in [0.15, 0.2) is 5.96 Å². The summed E-state index contributed by atoms with van der Waals surface area (Å²) >= 11 is 0. The first-order chi connectivity index (χ1) is 14.6. The summed E-state index contributed by atoms with van der Waals surface area (Å²) in [5.41, 5.74) is 2.10. The van der Waals surface area contributed by atoms with Crippen LogP contribution in [0.2, 0.25) is 0 Å². The zero-order valence-corrected chi connectivity index (χ0v) is 20.8. The highest BCUT2D eigenvalue weighted by Gasteiger charge is 2.21. The number of hydrogen-bond donors (Lipinski definition) is 3. The van der Waals surface area contributed by atoms with Crippen LogP contribution in [0.1, 0.15) is 25.3 Å². The van der Waals surface area contributed by atoms with Gasteiger partial charge in [-0.2, -0.15) is 0 Å². The molecule has 1 saturated heterocycles. The fourth-order valence-corrected chi connectivity index (χ4v) is 3.60. The van der Waals surface area contributed by atoms with Gasteiger partial charge in [-0.05, 0) is 37.5 Å². The second kappa shape index (κ2) is 12.5. The third-order valence-corrected chi connectivity index (χ3v) is 5.21. The lowest BCUT2D eigenvalue weighted by molar-refractivity contribution is 0.393. The number of ether oxygens (including phenoxy) is 2. The van der Waals surface area contributed by atoms with E-state index >= 15 is 0 Å². The van der Waals surface area contributed by atoms with E-state index in [0.29, 0.717) is 12.6 Å². The predicted molar refractivity (Wildman–Crippen MR) is 136 cm³/mol. The van der Waals surface area contributed by atoms with Crippen molar-refractivity contribution in [2.45, 2.75) is 32.4 Å². The molecular weight excluding hydrogens is 507 g/mol. The van der Waals surface area contributed by atoms with Gasteiger partial charge in [-0.15, -0.1) is 24.0 Å². The van der Waals surface area contributed by atoms with E-state index in [0.717, 1.165) is 61.2 Å². The van der Waals surface area contributed by atoms with Gasteiger partial charge in [-0.3, -0.25) is 0 Å². The Labute approximate surface area is 201 Å². The number of nitrogens with zero attached hydrogens (tertiary/aromatic N) is 2. The Balaban J connectivity index is 0.00000341. The first-order valence-corrected chi connectivity index (χ1v) is 10.4. The van der Waals surface area contributed by atoms with Gasteiger partial charge in [-0.1, -0.05) is 12.1 Å². The van der Waals surface area contributed by atoms with Crippen molar-refractivity contribution in [3.63, 3.8) is 0 Å². The van der Waals surface area contributed by atoms with Gasteiger partial charge in [-0.25, -0.2) is 4.99 Å². The van der Waals surface area contributed by atoms with Crippen LogP contribution in [-0.4, -0.2) is 51.0 Å². The van der Waals surface area contributed by atoms with Crippen molar-refractivity contribution in [2.75, 3.05) is 38.8 Å². The van der Waals surface area contributed by atoms with Crippen LogP contribution in [0.15, 0.2) is 47.5 Å². The quantitative estimate of drug-likeness (QED) is 0.282. The Hall–Kier alpha value is -2.36. The van der Waals surface area contributed by atoms with E-state index in [-0.39, 0.29) is 29.7 Å². The number of aromatic hydroxyl groups is 1. The number of piperidine rings is 1. The highest BCUT2D eigenvalue weighted by molar-refractivity contribution is 14.0. The van der Waals surface area contributed by atoms with Crippen molar-refractivity contribution in [1.82, 2.24) is 10.6 Å². The topological polar surface area (TPSA) is 78.4 Å². The fraction of sp³-hybridized carbons (Fsp3) is 0.435. The Morgan fingerprint density at radius 3 is 2.35 bits per heavy atom. The molecule has 0 spiro atoms. The second-order valence-corrected chi connectivity index (χ2v) is 7.34. The molecule has 3 N–H and O–H groups in total. The molecule has 2 aromatic rings. The standard InChI is InChI=1S/C23H32N4O3.HI/c1-4-24-23(25-16-17-6-5-7-20(28)12-17)26-18-8-10-27(11-9-18)19-13-21(29-2)15-22(14-19)30-3;/h5-7,12-15,18,28H,4,8-11,16H2,1-3H3,(H2,24,25,26);1H. The number of methoxy groups -OCH3 is 2. The Kier molecular flexibility index (Phi) is 10.0. The van der Waals surface area contributed by atoms with Crippen LogP contribution in [-0.2, 0) is 6.54 Å². The molecule has 0 aliphatic carbocycles. The molecule has 0 amide bonds. The molecule has 1 fully saturated rings. The lowest BCUT2D eigenvalue weighted by atomic mass is 10.0. The van der Waals surface area contributed by atoms with Gasteiger partial charge in [0.2, 0.25) is 0 Å². The van der Waals surface area contributed by atoms with Gasteiger partial charge in [0.25, 0.3) is 0 Å². The van der Waals surface area contributed by atoms with Crippen molar-refractivity contribution in [1.29, 1.82) is 0 Å². The number of phenols is 1. The van der Waals surface area contributed by atoms with Crippen LogP contribution >= 0.6 is 24.0 Å². The highest BCUT2D eigenvalue weighted by Crippen LogP contribution is 2.30. The molecule has 0 radical (unpaired) electrons. The van der Waals surface area contributed by atoms with Crippen molar-refractivity contribution < 1.29 is 14.6 Å². The molecular formula is C23H33IN4O3. The van der Waals surface area contributed by atoms with E-state index < -0.39 is 0 Å². The number of nitrogens with one attached hydrogen (secondary N) is 2. The molecule has 0 bridgehead atoms. The van der Waals surface area contributed by atoms with Crippen LogP contribution in [0.3, 0.4) is 0 Å². The fourth-order valence-electron chi connectivity index (χ4n) is 3.60. The minimum absolute atomic E-state index is 0. The van der Waals surface area contributed by atoms with E-state index in [2.05, 4.69) is 39.6 Å². The Bertz CT molecular complexity index is 832. The summed E-state index contributed by atoms with van der Waals surface area (Å²) in [5, 5.41) is 16.5. The van der Waals surface area contributed by atoms with Crippen LogP contribution in [0.25, 0.3) is 0 Å². The summed E-state index contributed by atoms with van der Waals surface area (Å²) in [6, 6.07) is 13.6. The third kappa shape index (κ3) is 7.37. The van der Waals surface area contributed by atoms with Crippen molar-refractivity contribution >= 4 is 35.6 Å². The van der Waals surface area contributed by atoms with E-state index in [4.69, 9.17) is 9.47 Å². The SMILES string of the molecule is CCNC(=NCc1cccc(O)c1)NC1CCN(c2cc(OC)cc(OC)c2)CC1.I. The number of phenolic OH excluding ortho intramolecular Hbond substituents is 1. The zero-order valence-electron chi connectivity index (χ0n) is 18.4. The lowest BCUT2D eigenvalue weighted by Gasteiger charge is -2.34. The van der Waals surface area contributed by atoms with Gasteiger partial charge in [0.05, 0.1) is 20.8 Å². The van der Waals surface area contributed by atoms with Crippen molar-refractivity contribution in [3.05, 3.63) is 48.0 Å². The van der Waals surface area contributed by atoms with Crippen molar-refractivity contribution in [2.24, 2.45) is 4.99 Å². The van der Waals surface area contributed by atoms with Crippen LogP contribution < -0.4 is 25.0 Å². The molecule has 0 aromatic heterocycles. The number of guanidine groups is 1. The number of benzene rings is 2. The third-order valence-electron chi connectivity index (χ3n) is 5.21. The maximum Gasteiger partial charge on any atom is 0.191 e. The molecule has 170 valence electrons. The highest BCUT2D eigenvalue weighted by atomic mass is 127. The normalized spacial score (nSPS) is 14.5. The summed E-state index contributed by atoms with van der Waals surface area (Å²) in [5.74, 6) is 2.68. The smallest absolute Gasteiger partial charge is 0.191 e. The zero-order chi connectivity index (χ0) is 21.3. The average molecular weight is 540 g/mol. The van der Waals surface area contributed by atoms with Crippen LogP contribution in [0.4, 0.5) is 5.69 Å². The van der Waals surface area contributed by atoms with E-state index in [1.165, 1.54) is 0 Å². The molecule has 3 rings (SSSR count). The van der Waals surface area contributed by atoms with E-state index in [9.17, 15) is 5.11 Å². The summed E-state index contributed by atoms with van der Waals surface area (Å²) in [4.78, 5) is 7.04. The molecule has 1 heterocycles. The largest absolute Gasteiger partial charge is 0.508 e. The number of hydrogen-bond acceptors (Lipinski definition) is 5. The molecule has 31 heavy (non-hydrogen) atoms. The Morgan fingerprint density at radius 2 is 1.77 bits per heavy atom. The molecule has 0 atom stereocenters. The van der Waals surface area contributed by atoms with Crippen LogP contribution in [0.5, 0.6) is 17.2 Å². The molecule has 2 aromatic carbocycles. The minimum atomic E-state index is 0. The summed E-state index contributed by atoms with van der Waals surface area (Å²) in [7, 11) is 3.35. The van der Waals surface area contributed by atoms with Crippen molar-refractivity contribution in [3.8, 4) is 17.2 Å². The van der Waals surface area contributed by atoms with Gasteiger partial charge >= 0.3 is 0 Å². The maximum absolute atomic E-state index is 9.63. The molecule has 0 saturated carbocycles. The van der Waals surface area contributed by atoms with E-state index in [1.54, 1.807) is 26.4 Å². The summed E-state index contributed by atoms with van der Waals surface area (Å²) in [6.45, 7) is 5.27. The molecule has 8 heteroatoms. The Morgan fingerprint density at radius 1 is 1.10 bits per heavy atom. The lowest BCUT2D eigenvalue weighted by Crippen LogP contribution is -2.48. The van der Waals surface area contributed by atoms with Gasteiger partial charge in [0.1, 0.15) is 17.2 Å². The molecule has 1 aliphatic rings.